The zero-order valence-electron chi connectivity index (χ0n) is 45.8. The first kappa shape index (κ1) is 56.3. The molecule has 11 rings (SSSR count). The van der Waals surface area contributed by atoms with Crippen molar-refractivity contribution < 1.29 is 42.1 Å². The molecular formula is C61H61ClN10O10S. The number of hydrogen-bond acceptors (Lipinski definition) is 14. The number of halogens is 1. The first-order valence-electron chi connectivity index (χ1n) is 27.7. The molecule has 22 heteroatoms. The van der Waals surface area contributed by atoms with Crippen LogP contribution in [0.4, 0.5) is 17.1 Å². The number of H-pyrrole nitrogens is 1. The molecule has 5 aliphatic rings. The van der Waals surface area contributed by atoms with Gasteiger partial charge in [0.25, 0.3) is 33.4 Å². The normalized spacial score (nSPS) is 19.2. The maximum Gasteiger partial charge on any atom is 0.298 e. The van der Waals surface area contributed by atoms with Gasteiger partial charge in [-0.1, -0.05) is 55.1 Å². The van der Waals surface area contributed by atoms with E-state index in [1.165, 1.54) is 46.0 Å². The molecule has 4 aliphatic heterocycles. The number of allylic oxidation sites excluding steroid dienone is 1. The van der Waals surface area contributed by atoms with Gasteiger partial charge < -0.3 is 29.7 Å². The predicted molar refractivity (Wildman–Crippen MR) is 312 cm³/mol. The van der Waals surface area contributed by atoms with Crippen LogP contribution < -0.4 is 25.0 Å². The van der Waals surface area contributed by atoms with Crippen molar-refractivity contribution in [3.05, 3.63) is 152 Å². The Morgan fingerprint density at radius 2 is 1.76 bits per heavy atom. The summed E-state index contributed by atoms with van der Waals surface area (Å²) in [4.78, 5) is 91.8. The lowest BCUT2D eigenvalue weighted by Crippen LogP contribution is -2.52. The zero-order valence-corrected chi connectivity index (χ0v) is 47.4. The van der Waals surface area contributed by atoms with Gasteiger partial charge in [-0.3, -0.25) is 44.3 Å². The summed E-state index contributed by atoms with van der Waals surface area (Å²) in [6.07, 6.45) is 8.00. The molecule has 0 spiro atoms. The molecule has 3 fully saturated rings. The van der Waals surface area contributed by atoms with Crippen LogP contribution >= 0.6 is 11.6 Å². The van der Waals surface area contributed by atoms with Crippen LogP contribution in [0.1, 0.15) is 96.2 Å². The highest BCUT2D eigenvalue weighted by molar-refractivity contribution is 7.90. The van der Waals surface area contributed by atoms with Gasteiger partial charge in [0.1, 0.15) is 28.9 Å². The summed E-state index contributed by atoms with van der Waals surface area (Å²) in [5, 5.41) is 19.4. The summed E-state index contributed by atoms with van der Waals surface area (Å²) in [5.74, 6) is 3.14. The molecule has 428 valence electrons. The van der Waals surface area contributed by atoms with Crippen LogP contribution in [0.3, 0.4) is 0 Å². The summed E-state index contributed by atoms with van der Waals surface area (Å²) < 4.78 is 36.5. The minimum Gasteiger partial charge on any atom is -0.455 e. The Bertz CT molecular complexity index is 3830. The maximum atomic E-state index is 14.2. The molecule has 20 nitrogen and oxygen atoms in total. The average molecular weight is 1160 g/mol. The number of nitro groups is 1. The van der Waals surface area contributed by atoms with Crippen LogP contribution in [0.2, 0.25) is 5.02 Å². The number of carbonyl (C=O) groups is 5. The molecule has 3 saturated heterocycles. The van der Waals surface area contributed by atoms with Crippen LogP contribution in [0.15, 0.2) is 114 Å². The Hall–Kier alpha value is -8.58. The molecule has 4 N–H and O–H groups in total. The number of ether oxygens (including phenoxy) is 1. The van der Waals surface area contributed by atoms with E-state index in [-0.39, 0.29) is 72.6 Å². The third-order valence-corrected chi connectivity index (χ3v) is 17.9. The van der Waals surface area contributed by atoms with E-state index in [2.05, 4.69) is 72.9 Å². The highest BCUT2D eigenvalue weighted by atomic mass is 35.5. The van der Waals surface area contributed by atoms with Crippen LogP contribution in [-0.2, 0) is 31.0 Å². The quantitative estimate of drug-likeness (QED) is 0.0347. The minimum absolute atomic E-state index is 0.0419. The second kappa shape index (κ2) is 23.3. The number of piperidine rings is 2. The molecule has 2 unspecified atom stereocenters. The van der Waals surface area contributed by atoms with Gasteiger partial charge in [-0.05, 0) is 127 Å². The molecule has 0 saturated carbocycles. The number of anilines is 2. The second-order valence-corrected chi connectivity index (χ2v) is 24.7. The first-order chi connectivity index (χ1) is 39.8. The number of amides is 5. The molecule has 83 heavy (non-hydrogen) atoms. The van der Waals surface area contributed by atoms with Gasteiger partial charge >= 0.3 is 0 Å². The fraction of sp³-hybridized carbons (Fsp3) is 0.344. The number of rotatable bonds is 14. The number of fused-ring (bicyclic) bond motifs is 2. The Labute approximate surface area is 484 Å². The number of aromatic nitrogens is 2. The molecular weight excluding hydrogens is 1100 g/mol. The number of imide groups is 1. The maximum absolute atomic E-state index is 14.2. The van der Waals surface area contributed by atoms with Crippen molar-refractivity contribution >= 4 is 84.8 Å². The van der Waals surface area contributed by atoms with Crippen molar-refractivity contribution in [2.24, 2.45) is 11.3 Å². The van der Waals surface area contributed by atoms with Crippen LogP contribution in [-0.4, -0.2) is 126 Å². The van der Waals surface area contributed by atoms with Gasteiger partial charge in [-0.25, -0.2) is 18.1 Å². The first-order valence-corrected chi connectivity index (χ1v) is 29.6. The highest BCUT2D eigenvalue weighted by Crippen LogP contribution is 2.44. The molecule has 0 radical (unpaired) electrons. The third kappa shape index (κ3) is 12.5. The monoisotopic (exact) mass is 1160 g/mol. The smallest absolute Gasteiger partial charge is 0.298 e. The highest BCUT2D eigenvalue weighted by Gasteiger charge is 2.40. The van der Waals surface area contributed by atoms with Gasteiger partial charge in [0.15, 0.2) is 0 Å². The van der Waals surface area contributed by atoms with E-state index in [0.717, 1.165) is 56.0 Å². The number of piperazine rings is 1. The Kier molecular flexibility index (Phi) is 15.8. The lowest BCUT2D eigenvalue weighted by molar-refractivity contribution is -0.384. The summed E-state index contributed by atoms with van der Waals surface area (Å²) in [7, 11) is -4.70. The number of likely N-dealkylation sites (tertiary alicyclic amines) is 1. The van der Waals surface area contributed by atoms with Crippen molar-refractivity contribution in [1.29, 1.82) is 0 Å². The van der Waals surface area contributed by atoms with Gasteiger partial charge in [0, 0.05) is 117 Å². The van der Waals surface area contributed by atoms with E-state index in [0.29, 0.717) is 65.6 Å². The lowest BCUT2D eigenvalue weighted by atomic mass is 9.72. The molecule has 2 aromatic heterocycles. The Morgan fingerprint density at radius 1 is 0.952 bits per heavy atom. The van der Waals surface area contributed by atoms with Crippen molar-refractivity contribution in [1.82, 2.24) is 34.7 Å². The predicted octanol–water partition coefficient (Wildman–Crippen LogP) is 8.28. The molecule has 6 heterocycles. The van der Waals surface area contributed by atoms with Gasteiger partial charge in [0.2, 0.25) is 11.8 Å². The number of hydrogen-bond donors (Lipinski definition) is 4. The van der Waals surface area contributed by atoms with Crippen LogP contribution in [0.5, 0.6) is 11.5 Å². The standard InChI is InChI=1S/C61H61ClN10O10S/c1-61(2)22-20-42(49(32-61)40-8-11-43(62)12-9-40)36-68-25-27-69(28-26-68)44-13-15-48(54(30-44)82-45-29-41-21-23-63-57(41)65-34-45)58(75)67-83(80,81)46-14-16-51(53(31-46)72(78)79)64-33-38-5-4-24-70(35-38)56(74)19-10-39-6-3-7-47-50(39)37-71(60(47)77)52-17-18-55(73)66-59(52)76/h3,6-9,11-16,21,23,29-31,34,38,52,64H,4-5,17-18,20,22,24-28,32-33,35-37H2,1-2H3,(H,63,65)(H,67,75)(H,66,73,76). The van der Waals surface area contributed by atoms with Crippen molar-refractivity contribution in [3.8, 4) is 23.3 Å². The number of benzene rings is 4. The summed E-state index contributed by atoms with van der Waals surface area (Å²) in [6.45, 7) is 9.44. The lowest BCUT2D eigenvalue weighted by Gasteiger charge is -2.39. The largest absolute Gasteiger partial charge is 0.455 e. The Balaban J connectivity index is 0.745. The van der Waals surface area contributed by atoms with Crippen LogP contribution in [0.25, 0.3) is 16.6 Å². The molecule has 5 amide bonds. The molecule has 0 bridgehead atoms. The molecule has 1 aliphatic carbocycles. The number of nitrogens with zero attached hydrogens (tertiary/aromatic N) is 6. The number of nitro benzene ring substituents is 1. The number of nitrogens with one attached hydrogen (secondary N) is 4. The van der Waals surface area contributed by atoms with Crippen molar-refractivity contribution in [2.45, 2.75) is 76.3 Å². The van der Waals surface area contributed by atoms with Crippen LogP contribution in [0, 0.1) is 33.3 Å². The van der Waals surface area contributed by atoms with E-state index < -0.39 is 49.3 Å². The average Bonchev–Trinajstić information content (AvgIpc) is 4.02. The number of sulfonamides is 1. The molecule has 2 atom stereocenters. The van der Waals surface area contributed by atoms with E-state index in [9.17, 15) is 42.5 Å². The van der Waals surface area contributed by atoms with Crippen molar-refractivity contribution in [2.75, 3.05) is 62.6 Å². The summed E-state index contributed by atoms with van der Waals surface area (Å²) >= 11 is 6.27. The fourth-order valence-corrected chi connectivity index (χ4v) is 12.9. The van der Waals surface area contributed by atoms with Gasteiger partial charge in [0.05, 0.1) is 21.6 Å². The third-order valence-electron chi connectivity index (χ3n) is 16.3. The molecule has 6 aromatic rings. The SMILES string of the molecule is CC1(C)CCC(CN2CCN(c3ccc(C(=O)NS(=O)(=O)c4ccc(NCC5CCCN(C(=O)C#Cc6cccc7c6CN(C6CCC(=O)NC6=O)C7=O)C5)c([N+](=O)[O-])c4)c(Oc4cnc5[nH]ccc5c4)c3)CC2)=C(c2ccc(Cl)cc2)C1. The fourth-order valence-electron chi connectivity index (χ4n) is 11.8. The topological polar surface area (TPSA) is 250 Å². The Morgan fingerprint density at radius 3 is 2.54 bits per heavy atom. The summed E-state index contributed by atoms with van der Waals surface area (Å²) in [5.41, 5.74) is 6.47. The second-order valence-electron chi connectivity index (χ2n) is 22.6. The summed E-state index contributed by atoms with van der Waals surface area (Å²) in [6, 6.07) is 24.2. The van der Waals surface area contributed by atoms with Gasteiger partial charge in [-0.15, -0.1) is 0 Å². The minimum atomic E-state index is -4.70. The van der Waals surface area contributed by atoms with E-state index in [1.54, 1.807) is 47.5 Å². The number of pyridine rings is 1. The van der Waals surface area contributed by atoms with E-state index >= 15 is 0 Å². The zero-order chi connectivity index (χ0) is 58.2. The van der Waals surface area contributed by atoms with E-state index in [4.69, 9.17) is 16.3 Å². The van der Waals surface area contributed by atoms with E-state index in [1.807, 2.05) is 18.2 Å². The van der Waals surface area contributed by atoms with Crippen molar-refractivity contribution in [3.63, 3.8) is 0 Å². The number of aromatic amines is 1. The number of carbonyl (C=O) groups excluding carboxylic acids is 5. The molecule has 4 aromatic carbocycles. The van der Waals surface area contributed by atoms with Gasteiger partial charge in [-0.2, -0.15) is 0 Å².